The molecule has 0 saturated carbocycles. The van der Waals surface area contributed by atoms with Crippen molar-refractivity contribution in [2.45, 2.75) is 6.61 Å². The van der Waals surface area contributed by atoms with Gasteiger partial charge >= 0.3 is 0 Å². The van der Waals surface area contributed by atoms with Gasteiger partial charge in [0.25, 0.3) is 0 Å². The lowest BCUT2D eigenvalue weighted by molar-refractivity contribution is 0.131. The Labute approximate surface area is 92.4 Å². The smallest absolute Gasteiger partial charge is 0.142 e. The van der Waals surface area contributed by atoms with Gasteiger partial charge in [-0.2, -0.15) is 0 Å². The van der Waals surface area contributed by atoms with E-state index in [9.17, 15) is 0 Å². The second-order valence-corrected chi connectivity index (χ2v) is 3.36. The summed E-state index contributed by atoms with van der Waals surface area (Å²) in [4.78, 5) is 4.94. The van der Waals surface area contributed by atoms with Gasteiger partial charge in [0.2, 0.25) is 0 Å². The molecule has 0 fully saturated rings. The van der Waals surface area contributed by atoms with Crippen molar-refractivity contribution in [3.05, 3.63) is 33.8 Å². The van der Waals surface area contributed by atoms with Crippen molar-refractivity contribution in [3.8, 4) is 0 Å². The van der Waals surface area contributed by atoms with Crippen molar-refractivity contribution in [1.82, 2.24) is 0 Å². The van der Waals surface area contributed by atoms with Gasteiger partial charge in [0.05, 0.1) is 16.3 Å². The number of benzene rings is 1. The Morgan fingerprint density at radius 3 is 2.79 bits per heavy atom. The van der Waals surface area contributed by atoms with Crippen LogP contribution in [0.3, 0.4) is 0 Å². The summed E-state index contributed by atoms with van der Waals surface area (Å²) in [5.74, 6) is 0. The van der Waals surface area contributed by atoms with E-state index < -0.39 is 0 Å². The molecule has 0 spiro atoms. The Morgan fingerprint density at radius 1 is 1.36 bits per heavy atom. The minimum Gasteiger partial charge on any atom is -0.391 e. The van der Waals surface area contributed by atoms with E-state index in [-0.39, 0.29) is 0 Å². The maximum Gasteiger partial charge on any atom is 0.142 e. The molecule has 14 heavy (non-hydrogen) atoms. The normalized spacial score (nSPS) is 10.8. The molecule has 0 aliphatic rings. The average molecular weight is 233 g/mol. The Kier molecular flexibility index (Phi) is 4.73. The van der Waals surface area contributed by atoms with Crippen LogP contribution in [0.5, 0.6) is 0 Å². The number of hydrogen-bond donors (Lipinski definition) is 1. The van der Waals surface area contributed by atoms with E-state index in [1.807, 2.05) is 6.07 Å². The van der Waals surface area contributed by atoms with Crippen LogP contribution in [0.2, 0.25) is 10.0 Å². The Balaban J connectivity index is 2.51. The molecule has 5 heteroatoms. The summed E-state index contributed by atoms with van der Waals surface area (Å²) in [7, 11) is 0. The third kappa shape index (κ3) is 3.54. The predicted molar refractivity (Wildman–Crippen MR) is 58.8 cm³/mol. The molecule has 1 aromatic carbocycles. The highest BCUT2D eigenvalue weighted by atomic mass is 35.5. The summed E-state index contributed by atoms with van der Waals surface area (Å²) < 4.78 is 0. The molecule has 0 saturated heterocycles. The zero-order chi connectivity index (χ0) is 10.4. The molecule has 76 valence electrons. The van der Waals surface area contributed by atoms with E-state index in [0.29, 0.717) is 23.2 Å². The SMILES string of the molecule is NCC=NOCc1ccc(Cl)c(Cl)c1. The van der Waals surface area contributed by atoms with Gasteiger partial charge in [0, 0.05) is 6.54 Å². The van der Waals surface area contributed by atoms with Crippen LogP contribution in [0.4, 0.5) is 0 Å². The summed E-state index contributed by atoms with van der Waals surface area (Å²) in [5.41, 5.74) is 6.09. The first-order valence-corrected chi connectivity index (χ1v) is 4.77. The molecule has 0 heterocycles. The maximum absolute atomic E-state index is 5.81. The molecule has 0 bridgehead atoms. The molecule has 0 aliphatic heterocycles. The van der Waals surface area contributed by atoms with Crippen LogP contribution in [-0.4, -0.2) is 12.8 Å². The molecule has 3 nitrogen and oxygen atoms in total. The zero-order valence-corrected chi connectivity index (χ0v) is 8.92. The summed E-state index contributed by atoms with van der Waals surface area (Å²) in [6.07, 6.45) is 1.48. The van der Waals surface area contributed by atoms with Crippen molar-refractivity contribution in [3.63, 3.8) is 0 Å². The van der Waals surface area contributed by atoms with Gasteiger partial charge < -0.3 is 10.6 Å². The van der Waals surface area contributed by atoms with Crippen LogP contribution in [-0.2, 0) is 11.4 Å². The Hall–Kier alpha value is -0.770. The summed E-state index contributed by atoms with van der Waals surface area (Å²) in [6.45, 7) is 0.717. The molecule has 0 aliphatic carbocycles. The zero-order valence-electron chi connectivity index (χ0n) is 7.41. The Morgan fingerprint density at radius 2 is 2.14 bits per heavy atom. The van der Waals surface area contributed by atoms with E-state index in [2.05, 4.69) is 5.16 Å². The molecule has 0 atom stereocenters. The van der Waals surface area contributed by atoms with Gasteiger partial charge in [-0.3, -0.25) is 0 Å². The van der Waals surface area contributed by atoms with Gasteiger partial charge in [-0.15, -0.1) is 0 Å². The molecule has 2 N–H and O–H groups in total. The molecule has 0 aromatic heterocycles. The fraction of sp³-hybridized carbons (Fsp3) is 0.222. The monoisotopic (exact) mass is 232 g/mol. The lowest BCUT2D eigenvalue weighted by Crippen LogP contribution is -1.99. The van der Waals surface area contributed by atoms with Crippen molar-refractivity contribution in [1.29, 1.82) is 0 Å². The summed E-state index contributed by atoms with van der Waals surface area (Å²) in [5, 5.41) is 4.65. The molecular weight excluding hydrogens is 223 g/mol. The van der Waals surface area contributed by atoms with Gasteiger partial charge in [-0.1, -0.05) is 34.4 Å². The molecule has 0 unspecified atom stereocenters. The standard InChI is InChI=1S/C9H10Cl2N2O/c10-8-2-1-7(5-9(8)11)6-14-13-4-3-12/h1-2,4-5H,3,6,12H2. The number of hydrogen-bond acceptors (Lipinski definition) is 3. The lowest BCUT2D eigenvalue weighted by Gasteiger charge is -2.01. The van der Waals surface area contributed by atoms with Gasteiger partial charge in [0.1, 0.15) is 6.61 Å². The molecule has 1 aromatic rings. The van der Waals surface area contributed by atoms with E-state index >= 15 is 0 Å². The van der Waals surface area contributed by atoms with E-state index in [1.54, 1.807) is 12.1 Å². The first-order chi connectivity index (χ1) is 6.74. The van der Waals surface area contributed by atoms with Crippen LogP contribution >= 0.6 is 23.2 Å². The van der Waals surface area contributed by atoms with Gasteiger partial charge in [0.15, 0.2) is 0 Å². The van der Waals surface area contributed by atoms with Gasteiger partial charge in [-0.05, 0) is 17.7 Å². The third-order valence-electron chi connectivity index (χ3n) is 1.47. The largest absolute Gasteiger partial charge is 0.391 e. The lowest BCUT2D eigenvalue weighted by atomic mass is 10.2. The summed E-state index contributed by atoms with van der Waals surface area (Å²) in [6, 6.07) is 5.28. The highest BCUT2D eigenvalue weighted by Crippen LogP contribution is 2.22. The van der Waals surface area contributed by atoms with Crippen LogP contribution in [0.1, 0.15) is 5.56 Å². The topological polar surface area (TPSA) is 47.6 Å². The van der Waals surface area contributed by atoms with Crippen molar-refractivity contribution in [2.75, 3.05) is 6.54 Å². The molecule has 0 radical (unpaired) electrons. The van der Waals surface area contributed by atoms with Gasteiger partial charge in [-0.25, -0.2) is 0 Å². The van der Waals surface area contributed by atoms with E-state index in [4.69, 9.17) is 33.8 Å². The number of oxime groups is 1. The molecular formula is C9H10Cl2N2O. The number of nitrogens with zero attached hydrogens (tertiary/aromatic N) is 1. The third-order valence-corrected chi connectivity index (χ3v) is 2.21. The van der Waals surface area contributed by atoms with Crippen molar-refractivity contribution in [2.24, 2.45) is 10.9 Å². The Bertz CT molecular complexity index is 329. The fourth-order valence-electron chi connectivity index (χ4n) is 0.837. The van der Waals surface area contributed by atoms with Crippen molar-refractivity contribution >= 4 is 29.4 Å². The second kappa shape index (κ2) is 5.86. The highest BCUT2D eigenvalue weighted by molar-refractivity contribution is 6.41. The number of halogens is 2. The fourth-order valence-corrected chi connectivity index (χ4v) is 1.16. The second-order valence-electron chi connectivity index (χ2n) is 2.55. The van der Waals surface area contributed by atoms with Crippen LogP contribution in [0, 0.1) is 0 Å². The quantitative estimate of drug-likeness (QED) is 0.641. The molecule has 1 rings (SSSR count). The van der Waals surface area contributed by atoms with Crippen LogP contribution < -0.4 is 5.73 Å². The first kappa shape index (κ1) is 11.3. The van der Waals surface area contributed by atoms with Crippen LogP contribution in [0.25, 0.3) is 0 Å². The average Bonchev–Trinajstić information content (AvgIpc) is 2.18. The minimum atomic E-state index is 0.355. The number of rotatable bonds is 4. The maximum atomic E-state index is 5.81. The predicted octanol–water partition coefficient (Wildman–Crippen LogP) is 2.45. The van der Waals surface area contributed by atoms with Crippen molar-refractivity contribution < 1.29 is 4.84 Å². The van der Waals surface area contributed by atoms with E-state index in [1.165, 1.54) is 6.21 Å². The minimum absolute atomic E-state index is 0.355. The molecule has 0 amide bonds. The summed E-state index contributed by atoms with van der Waals surface area (Å²) >= 11 is 11.6. The number of nitrogens with two attached hydrogens (primary N) is 1. The van der Waals surface area contributed by atoms with Crippen LogP contribution in [0.15, 0.2) is 23.4 Å². The van der Waals surface area contributed by atoms with E-state index in [0.717, 1.165) is 5.56 Å². The first-order valence-electron chi connectivity index (χ1n) is 4.02. The highest BCUT2D eigenvalue weighted by Gasteiger charge is 1.99.